The van der Waals surface area contributed by atoms with Crippen LogP contribution in [0.5, 0.6) is 0 Å². The van der Waals surface area contributed by atoms with Gasteiger partial charge in [-0.25, -0.2) is 4.79 Å². The molecule has 4 nitrogen and oxygen atoms in total. The molecule has 92 valence electrons. The fourth-order valence-electron chi connectivity index (χ4n) is 1.63. The molecular formula is C13H17NO3. The van der Waals surface area contributed by atoms with Crippen LogP contribution in [0, 0.1) is 0 Å². The second-order valence-electron chi connectivity index (χ2n) is 3.80. The highest BCUT2D eigenvalue weighted by Gasteiger charge is 2.24. The molecule has 0 aromatic rings. The Labute approximate surface area is 101 Å². The van der Waals surface area contributed by atoms with Crippen molar-refractivity contribution in [3.05, 3.63) is 36.5 Å². The zero-order chi connectivity index (χ0) is 12.7. The van der Waals surface area contributed by atoms with Crippen LogP contribution in [0.25, 0.3) is 0 Å². The maximum atomic E-state index is 11.2. The monoisotopic (exact) mass is 235 g/mol. The number of allylic oxidation sites excluding steroid dienone is 2. The summed E-state index contributed by atoms with van der Waals surface area (Å²) in [6, 6.07) is 0. The van der Waals surface area contributed by atoms with E-state index in [-0.39, 0.29) is 5.91 Å². The SMILES string of the molecule is CCOC(=O)/C=C\C1(NC(C)=O)C=CC=CC1. The largest absolute Gasteiger partial charge is 0.463 e. The lowest BCUT2D eigenvalue weighted by molar-refractivity contribution is -0.137. The van der Waals surface area contributed by atoms with E-state index in [2.05, 4.69) is 5.32 Å². The molecule has 17 heavy (non-hydrogen) atoms. The first kappa shape index (κ1) is 13.2. The number of amides is 1. The van der Waals surface area contributed by atoms with Crippen LogP contribution in [0.3, 0.4) is 0 Å². The predicted octanol–water partition coefficient (Wildman–Crippen LogP) is 1.50. The zero-order valence-electron chi connectivity index (χ0n) is 10.1. The number of nitrogens with one attached hydrogen (secondary N) is 1. The molecule has 0 saturated carbocycles. The molecule has 4 heteroatoms. The lowest BCUT2D eigenvalue weighted by Crippen LogP contribution is -2.44. The lowest BCUT2D eigenvalue weighted by atomic mass is 9.90. The molecule has 0 bridgehead atoms. The van der Waals surface area contributed by atoms with E-state index in [0.717, 1.165) is 0 Å². The van der Waals surface area contributed by atoms with Gasteiger partial charge in [-0.2, -0.15) is 0 Å². The molecule has 0 aromatic carbocycles. The zero-order valence-corrected chi connectivity index (χ0v) is 10.1. The summed E-state index contributed by atoms with van der Waals surface area (Å²) in [5, 5.41) is 2.82. The van der Waals surface area contributed by atoms with Crippen molar-refractivity contribution < 1.29 is 14.3 Å². The standard InChI is InChI=1S/C13H17NO3/c1-3-17-12(16)7-10-13(14-11(2)15)8-5-4-6-9-13/h4-8,10H,3,9H2,1-2H3,(H,14,15)/b10-7-. The van der Waals surface area contributed by atoms with E-state index in [0.29, 0.717) is 13.0 Å². The molecule has 0 spiro atoms. The van der Waals surface area contributed by atoms with Crippen LogP contribution in [0.1, 0.15) is 20.3 Å². The van der Waals surface area contributed by atoms with E-state index in [1.165, 1.54) is 13.0 Å². The second-order valence-corrected chi connectivity index (χ2v) is 3.80. The van der Waals surface area contributed by atoms with Crippen LogP contribution in [-0.4, -0.2) is 24.0 Å². The maximum absolute atomic E-state index is 11.2. The van der Waals surface area contributed by atoms with Gasteiger partial charge in [-0.1, -0.05) is 24.3 Å². The van der Waals surface area contributed by atoms with Crippen LogP contribution >= 0.6 is 0 Å². The molecule has 0 aliphatic heterocycles. The summed E-state index contributed by atoms with van der Waals surface area (Å²) in [4.78, 5) is 22.4. The number of hydrogen-bond acceptors (Lipinski definition) is 3. The van der Waals surface area contributed by atoms with E-state index in [1.807, 2.05) is 24.3 Å². The first-order chi connectivity index (χ1) is 8.08. The fraction of sp³-hybridized carbons (Fsp3) is 0.385. The average molecular weight is 235 g/mol. The van der Waals surface area contributed by atoms with Crippen molar-refractivity contribution in [3.63, 3.8) is 0 Å². The van der Waals surface area contributed by atoms with Crippen molar-refractivity contribution >= 4 is 11.9 Å². The highest BCUT2D eigenvalue weighted by molar-refractivity contribution is 5.83. The first-order valence-electron chi connectivity index (χ1n) is 5.57. The summed E-state index contributed by atoms with van der Waals surface area (Å²) >= 11 is 0. The predicted molar refractivity (Wildman–Crippen MR) is 65.2 cm³/mol. The van der Waals surface area contributed by atoms with Gasteiger partial charge in [0.2, 0.25) is 5.91 Å². The number of rotatable bonds is 4. The van der Waals surface area contributed by atoms with Crippen molar-refractivity contribution in [2.75, 3.05) is 6.61 Å². The molecule has 1 aliphatic carbocycles. The van der Waals surface area contributed by atoms with Crippen LogP contribution in [-0.2, 0) is 14.3 Å². The van der Waals surface area contributed by atoms with Gasteiger partial charge in [-0.3, -0.25) is 4.79 Å². The van der Waals surface area contributed by atoms with Gasteiger partial charge < -0.3 is 10.1 Å². The minimum atomic E-state index is -0.618. The molecular weight excluding hydrogens is 218 g/mol. The molecule has 1 aliphatic rings. The van der Waals surface area contributed by atoms with Gasteiger partial charge in [-0.15, -0.1) is 0 Å². The Morgan fingerprint density at radius 2 is 2.24 bits per heavy atom. The van der Waals surface area contributed by atoms with Gasteiger partial charge in [0.25, 0.3) is 0 Å². The molecule has 1 amide bonds. The van der Waals surface area contributed by atoms with E-state index in [9.17, 15) is 9.59 Å². The Morgan fingerprint density at radius 1 is 1.47 bits per heavy atom. The Hall–Kier alpha value is -1.84. The smallest absolute Gasteiger partial charge is 0.330 e. The van der Waals surface area contributed by atoms with Crippen LogP contribution in [0.15, 0.2) is 36.5 Å². The Kier molecular flexibility index (Phi) is 4.69. The number of esters is 1. The van der Waals surface area contributed by atoms with Gasteiger partial charge in [0, 0.05) is 13.0 Å². The van der Waals surface area contributed by atoms with Crippen LogP contribution < -0.4 is 5.32 Å². The van der Waals surface area contributed by atoms with Crippen molar-refractivity contribution in [2.24, 2.45) is 0 Å². The van der Waals surface area contributed by atoms with Crippen molar-refractivity contribution in [1.29, 1.82) is 0 Å². The average Bonchev–Trinajstić information content (AvgIpc) is 2.27. The Morgan fingerprint density at radius 3 is 2.76 bits per heavy atom. The summed E-state index contributed by atoms with van der Waals surface area (Å²) in [6.07, 6.45) is 11.2. The molecule has 1 atom stereocenters. The third-order valence-corrected chi connectivity index (χ3v) is 2.31. The summed E-state index contributed by atoms with van der Waals surface area (Å²) in [5.74, 6) is -0.543. The van der Waals surface area contributed by atoms with Crippen LogP contribution in [0.2, 0.25) is 0 Å². The Balaban J connectivity index is 2.77. The normalized spacial score (nSPS) is 22.7. The molecule has 0 radical (unpaired) electrons. The number of carbonyl (C=O) groups is 2. The molecule has 0 heterocycles. The molecule has 1 unspecified atom stereocenters. The topological polar surface area (TPSA) is 55.4 Å². The van der Waals surface area contributed by atoms with Gasteiger partial charge in [0.05, 0.1) is 12.1 Å². The van der Waals surface area contributed by atoms with E-state index in [4.69, 9.17) is 4.74 Å². The van der Waals surface area contributed by atoms with Crippen molar-refractivity contribution in [1.82, 2.24) is 5.32 Å². The third kappa shape index (κ3) is 4.26. The third-order valence-electron chi connectivity index (χ3n) is 2.31. The van der Waals surface area contributed by atoms with E-state index in [1.54, 1.807) is 13.0 Å². The van der Waals surface area contributed by atoms with Gasteiger partial charge in [0.15, 0.2) is 0 Å². The minimum Gasteiger partial charge on any atom is -0.463 e. The summed E-state index contributed by atoms with van der Waals surface area (Å²) < 4.78 is 4.80. The summed E-state index contributed by atoms with van der Waals surface area (Å²) in [5.41, 5.74) is -0.618. The van der Waals surface area contributed by atoms with Gasteiger partial charge in [0.1, 0.15) is 0 Å². The number of carbonyl (C=O) groups excluding carboxylic acids is 2. The second kappa shape index (κ2) is 6.03. The van der Waals surface area contributed by atoms with Gasteiger partial charge >= 0.3 is 5.97 Å². The highest BCUT2D eigenvalue weighted by atomic mass is 16.5. The molecule has 0 aromatic heterocycles. The minimum absolute atomic E-state index is 0.140. The molecule has 1 N–H and O–H groups in total. The number of hydrogen-bond donors (Lipinski definition) is 1. The van der Waals surface area contributed by atoms with E-state index < -0.39 is 11.5 Å². The first-order valence-corrected chi connectivity index (χ1v) is 5.57. The van der Waals surface area contributed by atoms with E-state index >= 15 is 0 Å². The summed E-state index contributed by atoms with van der Waals surface area (Å²) in [6.45, 7) is 3.54. The maximum Gasteiger partial charge on any atom is 0.330 e. The quantitative estimate of drug-likeness (QED) is 0.593. The fourth-order valence-corrected chi connectivity index (χ4v) is 1.63. The molecule has 1 rings (SSSR count). The molecule has 0 saturated heterocycles. The van der Waals surface area contributed by atoms with Gasteiger partial charge in [-0.05, 0) is 19.4 Å². The number of ether oxygens (including phenoxy) is 1. The van der Waals surface area contributed by atoms with Crippen molar-refractivity contribution in [2.45, 2.75) is 25.8 Å². The molecule has 0 fully saturated rings. The van der Waals surface area contributed by atoms with Crippen molar-refractivity contribution in [3.8, 4) is 0 Å². The lowest BCUT2D eigenvalue weighted by Gasteiger charge is -2.28. The highest BCUT2D eigenvalue weighted by Crippen LogP contribution is 2.19. The Bertz CT molecular complexity index is 382. The summed E-state index contributed by atoms with van der Waals surface area (Å²) in [7, 11) is 0. The van der Waals surface area contributed by atoms with Crippen LogP contribution in [0.4, 0.5) is 0 Å².